The smallest absolute Gasteiger partial charge is 0.744 e. The number of hydrogen-bond acceptors (Lipinski definition) is 7. The van der Waals surface area contributed by atoms with Gasteiger partial charge in [0.25, 0.3) is 0 Å². The quantitative estimate of drug-likeness (QED) is 0.173. The van der Waals surface area contributed by atoms with Gasteiger partial charge in [-0.3, -0.25) is 0 Å². The van der Waals surface area contributed by atoms with E-state index in [1.54, 1.807) is 6.07 Å². The average Bonchev–Trinajstić information content (AvgIpc) is 2.75. The molecule has 184 valence electrons. The minimum absolute atomic E-state index is 0. The predicted octanol–water partition coefficient (Wildman–Crippen LogP) is -0.241. The molecule has 7 nitrogen and oxygen atoms in total. The summed E-state index contributed by atoms with van der Waals surface area (Å²) in [6.07, 6.45) is 12.4. The monoisotopic (exact) mass is 542 g/mol. The van der Waals surface area contributed by atoms with Crippen molar-refractivity contribution in [3.05, 3.63) is 48.0 Å². The van der Waals surface area contributed by atoms with E-state index in [1.165, 1.54) is 63.1 Å². The first kappa shape index (κ1) is 35.1. The number of ether oxygens (including phenoxy) is 1. The van der Waals surface area contributed by atoms with Gasteiger partial charge in [0.1, 0.15) is 31.7 Å². The maximum absolute atomic E-state index is 11.4. The van der Waals surface area contributed by atoms with E-state index in [9.17, 15) is 25.9 Å². The van der Waals surface area contributed by atoms with Crippen LogP contribution < -0.4 is 63.9 Å². The molecule has 2 aromatic rings. The molecule has 0 amide bonds. The number of benzene rings is 2. The van der Waals surface area contributed by atoms with Crippen LogP contribution in [-0.4, -0.2) is 25.9 Å². The van der Waals surface area contributed by atoms with E-state index in [0.29, 0.717) is 12.0 Å². The van der Waals surface area contributed by atoms with Crippen molar-refractivity contribution in [3.63, 3.8) is 0 Å². The molecule has 0 saturated carbocycles. The molecule has 0 radical (unpaired) electrons. The van der Waals surface area contributed by atoms with Gasteiger partial charge in [-0.25, -0.2) is 16.8 Å². The molecule has 2 rings (SSSR count). The summed E-state index contributed by atoms with van der Waals surface area (Å²) >= 11 is 0. The molecule has 0 unspecified atom stereocenters. The summed E-state index contributed by atoms with van der Waals surface area (Å²) < 4.78 is 73.9. The van der Waals surface area contributed by atoms with Gasteiger partial charge in [-0.15, -0.1) is 0 Å². The second-order valence-corrected chi connectivity index (χ2v) is 10.9. The molecule has 0 saturated heterocycles. The maximum atomic E-state index is 11.4. The fourth-order valence-corrected chi connectivity index (χ4v) is 4.61. The molecule has 0 aliphatic carbocycles. The summed E-state index contributed by atoms with van der Waals surface area (Å²) in [6, 6.07) is 8.98. The van der Waals surface area contributed by atoms with Crippen LogP contribution in [0.15, 0.2) is 52.3 Å². The van der Waals surface area contributed by atoms with Crippen molar-refractivity contribution in [1.29, 1.82) is 0 Å². The fourth-order valence-electron chi connectivity index (χ4n) is 3.61. The average molecular weight is 543 g/mol. The van der Waals surface area contributed by atoms with Gasteiger partial charge in [0.05, 0.1) is 9.79 Å². The topological polar surface area (TPSA) is 124 Å². The minimum atomic E-state index is -4.69. The van der Waals surface area contributed by atoms with Crippen LogP contribution in [-0.2, 0) is 26.7 Å². The zero-order valence-electron chi connectivity index (χ0n) is 21.0. The van der Waals surface area contributed by atoms with Gasteiger partial charge in [0.2, 0.25) is 0 Å². The molecule has 0 N–H and O–H groups in total. The second-order valence-electron chi connectivity index (χ2n) is 8.19. The first-order chi connectivity index (χ1) is 15.6. The molecule has 0 atom stereocenters. The van der Waals surface area contributed by atoms with Gasteiger partial charge in [0, 0.05) is 0 Å². The summed E-state index contributed by atoms with van der Waals surface area (Å²) in [7, 11) is -9.35. The van der Waals surface area contributed by atoms with Crippen molar-refractivity contribution in [2.45, 2.75) is 87.3 Å². The van der Waals surface area contributed by atoms with Crippen LogP contribution >= 0.6 is 0 Å². The number of unbranched alkanes of at least 4 members (excludes halogenated alkanes) is 9. The van der Waals surface area contributed by atoms with Gasteiger partial charge in [0.15, 0.2) is 0 Å². The van der Waals surface area contributed by atoms with Crippen LogP contribution in [0.5, 0.6) is 11.5 Å². The first-order valence-corrected chi connectivity index (χ1v) is 14.3. The molecule has 35 heavy (non-hydrogen) atoms. The predicted molar refractivity (Wildman–Crippen MR) is 124 cm³/mol. The van der Waals surface area contributed by atoms with Crippen molar-refractivity contribution < 1.29 is 89.8 Å². The molecule has 0 fully saturated rings. The van der Waals surface area contributed by atoms with E-state index in [4.69, 9.17) is 4.74 Å². The van der Waals surface area contributed by atoms with Gasteiger partial charge in [-0.2, -0.15) is 0 Å². The molecule has 11 heteroatoms. The third kappa shape index (κ3) is 13.4. The maximum Gasteiger partial charge on any atom is 1.00 e. The van der Waals surface area contributed by atoms with Crippen molar-refractivity contribution in [1.82, 2.24) is 0 Å². The van der Waals surface area contributed by atoms with Crippen LogP contribution in [0.4, 0.5) is 0 Å². The molecule has 0 aliphatic heterocycles. The van der Waals surface area contributed by atoms with E-state index in [0.717, 1.165) is 37.5 Å². The van der Waals surface area contributed by atoms with Gasteiger partial charge in [-0.05, 0) is 48.7 Å². The second kappa shape index (κ2) is 17.5. The van der Waals surface area contributed by atoms with E-state index in [-0.39, 0.29) is 70.6 Å². The van der Waals surface area contributed by atoms with E-state index < -0.39 is 30.0 Å². The molecule has 0 aromatic heterocycles. The van der Waals surface area contributed by atoms with E-state index in [1.807, 2.05) is 0 Å². The number of rotatable bonds is 15. The van der Waals surface area contributed by atoms with Crippen molar-refractivity contribution in [2.75, 3.05) is 0 Å². The molecule has 0 aliphatic rings. The summed E-state index contributed by atoms with van der Waals surface area (Å²) in [4.78, 5) is -0.888. The summed E-state index contributed by atoms with van der Waals surface area (Å²) in [6.45, 7) is 2.21. The zero-order chi connectivity index (χ0) is 24.3. The minimum Gasteiger partial charge on any atom is -0.744 e. The molecule has 0 spiro atoms. The van der Waals surface area contributed by atoms with Crippen LogP contribution in [0.2, 0.25) is 0 Å². The Balaban J connectivity index is 0.00000578. The largest absolute Gasteiger partial charge is 1.00 e. The Morgan fingerprint density at radius 1 is 0.686 bits per heavy atom. The van der Waals surface area contributed by atoms with Gasteiger partial charge < -0.3 is 13.8 Å². The van der Waals surface area contributed by atoms with Gasteiger partial charge in [-0.1, -0.05) is 76.8 Å². The molecular weight excluding hydrogens is 510 g/mol. The third-order valence-electron chi connectivity index (χ3n) is 5.45. The molecule has 0 heterocycles. The third-order valence-corrected chi connectivity index (χ3v) is 7.11. The van der Waals surface area contributed by atoms with E-state index in [2.05, 4.69) is 6.92 Å². The summed E-state index contributed by atoms with van der Waals surface area (Å²) in [5.41, 5.74) is 0.706. The normalized spacial score (nSPS) is 11.4. The first-order valence-electron chi connectivity index (χ1n) is 11.4. The Labute approximate surface area is 254 Å². The molecule has 2 aromatic carbocycles. The fraction of sp³-hybridized carbons (Fsp3) is 0.500. The molecular formula is C24H32Na2O7S2. The Morgan fingerprint density at radius 3 is 1.74 bits per heavy atom. The van der Waals surface area contributed by atoms with Crippen LogP contribution in [0.3, 0.4) is 0 Å². The van der Waals surface area contributed by atoms with E-state index >= 15 is 0 Å². The summed E-state index contributed by atoms with van der Waals surface area (Å²) in [5, 5.41) is 0. The Morgan fingerprint density at radius 2 is 1.20 bits per heavy atom. The van der Waals surface area contributed by atoms with Crippen molar-refractivity contribution >= 4 is 20.2 Å². The number of aryl methyl sites for hydroxylation is 1. The molecule has 0 bridgehead atoms. The number of hydrogen-bond donors (Lipinski definition) is 0. The Hall–Kier alpha value is 0.0600. The van der Waals surface area contributed by atoms with Gasteiger partial charge >= 0.3 is 59.1 Å². The Bertz CT molecular complexity index is 1100. The Kier molecular flexibility index (Phi) is 17.6. The SMILES string of the molecule is CCCCCCCCCCCCc1ccc(S(=O)(=O)[O-])cc1Oc1cccc(S(=O)(=O)[O-])c1.[Na+].[Na+]. The van der Waals surface area contributed by atoms with Crippen LogP contribution in [0.1, 0.15) is 76.7 Å². The van der Waals surface area contributed by atoms with Crippen molar-refractivity contribution in [3.8, 4) is 11.5 Å². The zero-order valence-corrected chi connectivity index (χ0v) is 26.6. The van der Waals surface area contributed by atoms with Crippen LogP contribution in [0, 0.1) is 0 Å². The van der Waals surface area contributed by atoms with Crippen molar-refractivity contribution in [2.24, 2.45) is 0 Å². The summed E-state index contributed by atoms with van der Waals surface area (Å²) in [5.74, 6) is 0.222. The van der Waals surface area contributed by atoms with Crippen LogP contribution in [0.25, 0.3) is 0 Å². The standard InChI is InChI=1S/C24H34O7S2.2Na/c1-2-3-4-5-6-7-8-9-10-11-13-20-16-17-23(33(28,29)30)19-24(20)31-21-14-12-15-22(18-21)32(25,26)27;;/h12,14-19H,2-11,13H2,1H3,(H,25,26,27)(H,28,29,30);;/q;2*+1/p-2.